The van der Waals surface area contributed by atoms with Crippen molar-refractivity contribution >= 4 is 34.6 Å². The summed E-state index contributed by atoms with van der Waals surface area (Å²) in [5.41, 5.74) is 1.35. The van der Waals surface area contributed by atoms with E-state index in [0.717, 1.165) is 12.8 Å². The number of thiophene rings is 1. The SMILES string of the molecule is CN(C)C(CNC(=O)Nc1cccc(NC(=O)C2CC2)c1)c1cccs1. The Morgan fingerprint density at radius 3 is 2.50 bits per heavy atom. The Labute approximate surface area is 157 Å². The Hall–Kier alpha value is -2.38. The van der Waals surface area contributed by atoms with Crippen molar-refractivity contribution in [2.45, 2.75) is 18.9 Å². The summed E-state index contributed by atoms with van der Waals surface area (Å²) in [7, 11) is 3.99. The summed E-state index contributed by atoms with van der Waals surface area (Å²) in [4.78, 5) is 27.4. The van der Waals surface area contributed by atoms with Crippen molar-refractivity contribution in [1.82, 2.24) is 10.2 Å². The van der Waals surface area contributed by atoms with E-state index in [1.54, 1.807) is 23.5 Å². The molecule has 26 heavy (non-hydrogen) atoms. The van der Waals surface area contributed by atoms with E-state index in [1.165, 1.54) is 4.88 Å². The first-order valence-corrected chi connectivity index (χ1v) is 9.56. The van der Waals surface area contributed by atoms with Crippen LogP contribution in [0.15, 0.2) is 41.8 Å². The van der Waals surface area contributed by atoms with Gasteiger partial charge in [-0.1, -0.05) is 12.1 Å². The number of rotatable bonds is 7. The number of likely N-dealkylation sites (N-methyl/N-ethyl adjacent to an activating group) is 1. The van der Waals surface area contributed by atoms with Crippen molar-refractivity contribution < 1.29 is 9.59 Å². The number of hydrogen-bond acceptors (Lipinski definition) is 4. The molecule has 2 aromatic rings. The maximum atomic E-state index is 12.2. The highest BCUT2D eigenvalue weighted by Crippen LogP contribution is 2.30. The average molecular weight is 372 g/mol. The van der Waals surface area contributed by atoms with Crippen LogP contribution in [0.25, 0.3) is 0 Å². The van der Waals surface area contributed by atoms with E-state index in [4.69, 9.17) is 0 Å². The molecule has 1 aromatic heterocycles. The molecule has 1 heterocycles. The number of urea groups is 1. The van der Waals surface area contributed by atoms with Crippen LogP contribution in [0.5, 0.6) is 0 Å². The van der Waals surface area contributed by atoms with Crippen molar-refractivity contribution in [3.05, 3.63) is 46.7 Å². The van der Waals surface area contributed by atoms with Crippen molar-refractivity contribution in [2.24, 2.45) is 5.92 Å². The van der Waals surface area contributed by atoms with Gasteiger partial charge in [-0.25, -0.2) is 4.79 Å². The molecule has 1 saturated carbocycles. The van der Waals surface area contributed by atoms with Gasteiger partial charge < -0.3 is 20.9 Å². The summed E-state index contributed by atoms with van der Waals surface area (Å²) in [6.45, 7) is 0.511. The smallest absolute Gasteiger partial charge is 0.319 e. The van der Waals surface area contributed by atoms with E-state index < -0.39 is 0 Å². The molecule has 7 heteroatoms. The Balaban J connectivity index is 1.53. The molecular formula is C19H24N4O2S. The van der Waals surface area contributed by atoms with Crippen LogP contribution in [0, 0.1) is 5.92 Å². The maximum Gasteiger partial charge on any atom is 0.319 e. The van der Waals surface area contributed by atoms with E-state index >= 15 is 0 Å². The lowest BCUT2D eigenvalue weighted by Gasteiger charge is -2.23. The topological polar surface area (TPSA) is 73.5 Å². The van der Waals surface area contributed by atoms with Crippen molar-refractivity contribution in [3.63, 3.8) is 0 Å². The van der Waals surface area contributed by atoms with Gasteiger partial charge in [0.1, 0.15) is 0 Å². The van der Waals surface area contributed by atoms with Gasteiger partial charge in [0.25, 0.3) is 0 Å². The van der Waals surface area contributed by atoms with E-state index in [1.807, 2.05) is 37.7 Å². The Kier molecular flexibility index (Phi) is 5.90. The number of carbonyl (C=O) groups is 2. The molecule has 3 rings (SSSR count). The van der Waals surface area contributed by atoms with Crippen LogP contribution in [0.3, 0.4) is 0 Å². The van der Waals surface area contributed by atoms with Gasteiger partial charge >= 0.3 is 6.03 Å². The molecule has 0 bridgehead atoms. The summed E-state index contributed by atoms with van der Waals surface area (Å²) in [5, 5.41) is 10.7. The van der Waals surface area contributed by atoms with Gasteiger partial charge in [0.2, 0.25) is 5.91 Å². The van der Waals surface area contributed by atoms with Crippen LogP contribution >= 0.6 is 11.3 Å². The molecule has 1 unspecified atom stereocenters. The van der Waals surface area contributed by atoms with Gasteiger partial charge in [-0.3, -0.25) is 4.79 Å². The predicted octanol–water partition coefficient (Wildman–Crippen LogP) is 3.52. The number of benzene rings is 1. The molecule has 6 nitrogen and oxygen atoms in total. The average Bonchev–Trinajstić information content (AvgIpc) is 3.32. The summed E-state index contributed by atoms with van der Waals surface area (Å²) in [5.74, 6) is 0.200. The molecule has 1 aromatic carbocycles. The highest BCUT2D eigenvalue weighted by molar-refractivity contribution is 7.10. The highest BCUT2D eigenvalue weighted by atomic mass is 32.1. The lowest BCUT2D eigenvalue weighted by atomic mass is 10.2. The van der Waals surface area contributed by atoms with E-state index in [9.17, 15) is 9.59 Å². The predicted molar refractivity (Wildman–Crippen MR) is 106 cm³/mol. The van der Waals surface area contributed by atoms with Crippen LogP contribution in [-0.2, 0) is 4.79 Å². The quantitative estimate of drug-likeness (QED) is 0.696. The zero-order valence-electron chi connectivity index (χ0n) is 15.0. The molecular weight excluding hydrogens is 348 g/mol. The summed E-state index contributed by atoms with van der Waals surface area (Å²) in [6, 6.07) is 11.1. The molecule has 1 aliphatic carbocycles. The van der Waals surface area contributed by atoms with Crippen molar-refractivity contribution in [3.8, 4) is 0 Å². The fourth-order valence-corrected chi connectivity index (χ4v) is 3.57. The monoisotopic (exact) mass is 372 g/mol. The number of carbonyl (C=O) groups excluding carboxylic acids is 2. The standard InChI is InChI=1S/C19H24N4O2S/c1-23(2)16(17-7-4-10-26-17)12-20-19(25)22-15-6-3-5-14(11-15)21-18(24)13-8-9-13/h3-7,10-11,13,16H,8-9,12H2,1-2H3,(H,21,24)(H2,20,22,25). The van der Waals surface area contributed by atoms with E-state index in [-0.39, 0.29) is 23.9 Å². The van der Waals surface area contributed by atoms with Crippen LogP contribution in [-0.4, -0.2) is 37.5 Å². The van der Waals surface area contributed by atoms with Crippen LogP contribution in [0.2, 0.25) is 0 Å². The van der Waals surface area contributed by atoms with Gasteiger partial charge in [-0.15, -0.1) is 11.3 Å². The first-order valence-electron chi connectivity index (χ1n) is 8.68. The van der Waals surface area contributed by atoms with Gasteiger partial charge in [-0.05, 0) is 56.6 Å². The van der Waals surface area contributed by atoms with Gasteiger partial charge in [0.05, 0.1) is 6.04 Å². The number of nitrogens with one attached hydrogen (secondary N) is 3. The Morgan fingerprint density at radius 1 is 1.15 bits per heavy atom. The first kappa shape index (κ1) is 18.4. The fraction of sp³-hybridized carbons (Fsp3) is 0.368. The third-order valence-corrected chi connectivity index (χ3v) is 5.26. The maximum absolute atomic E-state index is 12.2. The number of hydrogen-bond donors (Lipinski definition) is 3. The minimum atomic E-state index is -0.265. The van der Waals surface area contributed by atoms with E-state index in [2.05, 4.69) is 26.9 Å². The first-order chi connectivity index (χ1) is 12.5. The molecule has 0 saturated heterocycles. The molecule has 0 radical (unpaired) electrons. The lowest BCUT2D eigenvalue weighted by Crippen LogP contribution is -2.36. The Morgan fingerprint density at radius 2 is 1.88 bits per heavy atom. The third-order valence-electron chi connectivity index (χ3n) is 4.29. The summed E-state index contributed by atoms with van der Waals surface area (Å²) >= 11 is 1.68. The van der Waals surface area contributed by atoms with Gasteiger partial charge in [-0.2, -0.15) is 0 Å². The van der Waals surface area contributed by atoms with Crippen molar-refractivity contribution in [2.75, 3.05) is 31.3 Å². The van der Waals surface area contributed by atoms with Gasteiger partial charge in [0, 0.05) is 28.7 Å². The van der Waals surface area contributed by atoms with Crippen LogP contribution in [0.1, 0.15) is 23.8 Å². The molecule has 1 atom stereocenters. The largest absolute Gasteiger partial charge is 0.336 e. The molecule has 3 amide bonds. The fourth-order valence-electron chi connectivity index (χ4n) is 2.65. The molecule has 1 aliphatic rings. The number of anilines is 2. The minimum Gasteiger partial charge on any atom is -0.336 e. The molecule has 0 aliphatic heterocycles. The zero-order valence-corrected chi connectivity index (χ0v) is 15.8. The second-order valence-corrected chi connectivity index (χ2v) is 7.65. The molecule has 3 N–H and O–H groups in total. The third kappa shape index (κ3) is 5.06. The molecule has 138 valence electrons. The second-order valence-electron chi connectivity index (χ2n) is 6.67. The van der Waals surface area contributed by atoms with E-state index in [0.29, 0.717) is 17.9 Å². The van der Waals surface area contributed by atoms with Gasteiger partial charge in [0.15, 0.2) is 0 Å². The van der Waals surface area contributed by atoms with Crippen molar-refractivity contribution in [1.29, 1.82) is 0 Å². The highest BCUT2D eigenvalue weighted by Gasteiger charge is 2.29. The number of nitrogens with zero attached hydrogens (tertiary/aromatic N) is 1. The number of amides is 3. The minimum absolute atomic E-state index is 0.0522. The molecule has 0 spiro atoms. The van der Waals surface area contributed by atoms with Crippen LogP contribution < -0.4 is 16.0 Å². The summed E-state index contributed by atoms with van der Waals surface area (Å²) < 4.78 is 0. The van der Waals surface area contributed by atoms with Crippen LogP contribution in [0.4, 0.5) is 16.2 Å². The molecule has 1 fully saturated rings. The lowest BCUT2D eigenvalue weighted by molar-refractivity contribution is -0.117. The second kappa shape index (κ2) is 8.33. The summed E-state index contributed by atoms with van der Waals surface area (Å²) in [6.07, 6.45) is 1.92. The zero-order chi connectivity index (χ0) is 18.5. The Bertz CT molecular complexity index is 757. The normalized spacial score (nSPS) is 14.7.